The van der Waals surface area contributed by atoms with Crippen molar-refractivity contribution in [2.24, 2.45) is 4.99 Å². The number of rotatable bonds is 3. The number of hydrogen-bond donors (Lipinski definition) is 3. The summed E-state index contributed by atoms with van der Waals surface area (Å²) in [6.07, 6.45) is 4.84. The van der Waals surface area contributed by atoms with E-state index < -0.39 is 6.10 Å². The van der Waals surface area contributed by atoms with E-state index in [1.165, 1.54) is 5.56 Å². The lowest BCUT2D eigenvalue weighted by Crippen LogP contribution is -2.32. The predicted molar refractivity (Wildman–Crippen MR) is 121 cm³/mol. The number of amides is 2. The SMILES string of the molecule is Cc1ccc(C2C(=NC3CCCCC3O)NC(=O)N2c2ccc3nc[nH]c3c2)c(C)c1. The Hall–Kier alpha value is -3.19. The van der Waals surface area contributed by atoms with E-state index in [-0.39, 0.29) is 18.1 Å². The first kappa shape index (κ1) is 19.8. The van der Waals surface area contributed by atoms with Crippen LogP contribution in [0.4, 0.5) is 10.5 Å². The van der Waals surface area contributed by atoms with E-state index in [0.29, 0.717) is 5.84 Å². The molecule has 160 valence electrons. The van der Waals surface area contributed by atoms with Crippen LogP contribution in [0.15, 0.2) is 47.7 Å². The molecule has 31 heavy (non-hydrogen) atoms. The molecule has 5 rings (SSSR count). The van der Waals surface area contributed by atoms with Crippen molar-refractivity contribution in [3.05, 3.63) is 59.4 Å². The summed E-state index contributed by atoms with van der Waals surface area (Å²) in [4.78, 5) is 27.2. The Morgan fingerprint density at radius 1 is 1.13 bits per heavy atom. The van der Waals surface area contributed by atoms with Crippen molar-refractivity contribution in [2.75, 3.05) is 4.90 Å². The topological polar surface area (TPSA) is 93.6 Å². The third-order valence-electron chi connectivity index (χ3n) is 6.37. The number of aliphatic hydroxyl groups is 1. The first-order valence-corrected chi connectivity index (χ1v) is 10.9. The highest BCUT2D eigenvalue weighted by molar-refractivity contribution is 6.17. The van der Waals surface area contributed by atoms with Crippen LogP contribution in [0.5, 0.6) is 0 Å². The zero-order valence-corrected chi connectivity index (χ0v) is 17.8. The second-order valence-corrected chi connectivity index (χ2v) is 8.60. The highest BCUT2D eigenvalue weighted by Gasteiger charge is 2.40. The van der Waals surface area contributed by atoms with Crippen molar-refractivity contribution in [2.45, 2.75) is 57.7 Å². The number of imidazole rings is 1. The fraction of sp³-hybridized carbons (Fsp3) is 0.375. The number of H-pyrrole nitrogens is 1. The number of aromatic nitrogens is 2. The van der Waals surface area contributed by atoms with Crippen LogP contribution < -0.4 is 10.2 Å². The Labute approximate surface area is 181 Å². The van der Waals surface area contributed by atoms with Crippen molar-refractivity contribution < 1.29 is 9.90 Å². The third-order valence-corrected chi connectivity index (χ3v) is 6.37. The lowest BCUT2D eigenvalue weighted by atomic mass is 9.92. The Morgan fingerprint density at radius 3 is 2.77 bits per heavy atom. The van der Waals surface area contributed by atoms with E-state index in [1.54, 1.807) is 11.2 Å². The summed E-state index contributed by atoms with van der Waals surface area (Å²) in [5.74, 6) is 0.604. The first-order valence-electron chi connectivity index (χ1n) is 10.9. The van der Waals surface area contributed by atoms with Crippen molar-refractivity contribution in [3.8, 4) is 0 Å². The maximum absolute atomic E-state index is 13.2. The van der Waals surface area contributed by atoms with Crippen LogP contribution in [0.25, 0.3) is 11.0 Å². The summed E-state index contributed by atoms with van der Waals surface area (Å²) in [7, 11) is 0. The maximum Gasteiger partial charge on any atom is 0.328 e. The molecule has 3 unspecified atom stereocenters. The van der Waals surface area contributed by atoms with Gasteiger partial charge in [-0.3, -0.25) is 15.2 Å². The number of aliphatic hydroxyl groups excluding tert-OH is 1. The van der Waals surface area contributed by atoms with E-state index in [2.05, 4.69) is 47.3 Å². The number of nitrogens with one attached hydrogen (secondary N) is 2. The number of aryl methyl sites for hydroxylation is 2. The summed E-state index contributed by atoms with van der Waals surface area (Å²) in [6.45, 7) is 4.13. The van der Waals surface area contributed by atoms with Gasteiger partial charge in [-0.2, -0.15) is 0 Å². The van der Waals surface area contributed by atoms with Gasteiger partial charge in [-0.25, -0.2) is 9.78 Å². The van der Waals surface area contributed by atoms with Crippen LogP contribution in [0, 0.1) is 13.8 Å². The van der Waals surface area contributed by atoms with Gasteiger partial charge in [0.25, 0.3) is 0 Å². The van der Waals surface area contributed by atoms with Gasteiger partial charge in [0, 0.05) is 5.69 Å². The van der Waals surface area contributed by atoms with Gasteiger partial charge in [0.2, 0.25) is 0 Å². The number of anilines is 1. The van der Waals surface area contributed by atoms with Crippen molar-refractivity contribution in [1.29, 1.82) is 0 Å². The minimum absolute atomic E-state index is 0.188. The number of nitrogens with zero attached hydrogens (tertiary/aromatic N) is 3. The number of urea groups is 1. The summed E-state index contributed by atoms with van der Waals surface area (Å²) in [5, 5.41) is 13.5. The molecule has 3 atom stereocenters. The lowest BCUT2D eigenvalue weighted by molar-refractivity contribution is 0.109. The van der Waals surface area contributed by atoms with Crippen molar-refractivity contribution in [3.63, 3.8) is 0 Å². The fourth-order valence-electron chi connectivity index (χ4n) is 4.76. The van der Waals surface area contributed by atoms with Crippen molar-refractivity contribution in [1.82, 2.24) is 15.3 Å². The number of amidine groups is 1. The average Bonchev–Trinajstić information content (AvgIpc) is 3.33. The van der Waals surface area contributed by atoms with Crippen LogP contribution in [0.3, 0.4) is 0 Å². The summed E-state index contributed by atoms with van der Waals surface area (Å²) in [6, 6.07) is 11.3. The molecule has 2 fully saturated rings. The largest absolute Gasteiger partial charge is 0.391 e. The van der Waals surface area contributed by atoms with E-state index in [4.69, 9.17) is 4.99 Å². The van der Waals surface area contributed by atoms with Gasteiger partial charge in [0.05, 0.1) is 29.5 Å². The summed E-state index contributed by atoms with van der Waals surface area (Å²) in [5.41, 5.74) is 5.80. The zero-order chi connectivity index (χ0) is 21.5. The first-order chi connectivity index (χ1) is 15.0. The molecule has 2 aliphatic rings. The number of hydrogen-bond acceptors (Lipinski definition) is 4. The van der Waals surface area contributed by atoms with Gasteiger partial charge in [-0.1, -0.05) is 36.6 Å². The molecule has 1 saturated heterocycles. The third kappa shape index (κ3) is 3.59. The molecule has 2 amide bonds. The van der Waals surface area contributed by atoms with Crippen LogP contribution in [-0.4, -0.2) is 39.1 Å². The summed E-state index contributed by atoms with van der Waals surface area (Å²) < 4.78 is 0. The molecule has 3 N–H and O–H groups in total. The lowest BCUT2D eigenvalue weighted by Gasteiger charge is -2.27. The Morgan fingerprint density at radius 2 is 1.97 bits per heavy atom. The quantitative estimate of drug-likeness (QED) is 0.597. The minimum Gasteiger partial charge on any atom is -0.391 e. The molecule has 0 bridgehead atoms. The van der Waals surface area contributed by atoms with Crippen LogP contribution in [0.2, 0.25) is 0 Å². The Balaban J connectivity index is 1.62. The van der Waals surface area contributed by atoms with Gasteiger partial charge in [0.15, 0.2) is 0 Å². The van der Waals surface area contributed by atoms with Crippen LogP contribution in [-0.2, 0) is 0 Å². The van der Waals surface area contributed by atoms with Gasteiger partial charge in [-0.15, -0.1) is 0 Å². The average molecular weight is 418 g/mol. The highest BCUT2D eigenvalue weighted by atomic mass is 16.3. The molecule has 3 aromatic rings. The smallest absolute Gasteiger partial charge is 0.328 e. The number of carbonyl (C=O) groups excluding carboxylic acids is 1. The van der Waals surface area contributed by atoms with Gasteiger partial charge in [-0.05, 0) is 56.0 Å². The van der Waals surface area contributed by atoms with E-state index in [0.717, 1.165) is 53.5 Å². The Bertz CT molecular complexity index is 1170. The minimum atomic E-state index is -0.465. The van der Waals surface area contributed by atoms with E-state index >= 15 is 0 Å². The zero-order valence-electron chi connectivity index (χ0n) is 17.8. The molecule has 2 aromatic carbocycles. The maximum atomic E-state index is 13.2. The van der Waals surface area contributed by atoms with Crippen molar-refractivity contribution >= 4 is 28.6 Å². The van der Waals surface area contributed by atoms with Crippen LogP contribution >= 0.6 is 0 Å². The number of fused-ring (bicyclic) bond motifs is 1. The monoisotopic (exact) mass is 417 g/mol. The van der Waals surface area contributed by atoms with E-state index in [9.17, 15) is 9.90 Å². The molecule has 7 nitrogen and oxygen atoms in total. The molecular weight excluding hydrogens is 390 g/mol. The molecule has 1 aliphatic carbocycles. The van der Waals surface area contributed by atoms with Gasteiger partial charge < -0.3 is 10.1 Å². The number of carbonyl (C=O) groups is 1. The molecule has 1 aromatic heterocycles. The number of benzene rings is 2. The van der Waals surface area contributed by atoms with Gasteiger partial charge in [0.1, 0.15) is 11.9 Å². The highest BCUT2D eigenvalue weighted by Crippen LogP contribution is 2.36. The molecule has 7 heteroatoms. The standard InChI is InChI=1S/C24H27N5O2/c1-14-7-9-17(15(2)11-14)22-23(27-19-5-3-4-6-21(19)30)28-24(31)29(22)16-8-10-18-20(12-16)26-13-25-18/h7-13,19,21-22,30H,3-6H2,1-2H3,(H,25,26)(H,27,28,31). The number of aliphatic imine (C=N–C) groups is 1. The second-order valence-electron chi connectivity index (χ2n) is 8.60. The molecular formula is C24H27N5O2. The van der Waals surface area contributed by atoms with E-state index in [1.807, 2.05) is 18.2 Å². The normalized spacial score (nSPS) is 25.4. The molecule has 1 aliphatic heterocycles. The predicted octanol–water partition coefficient (Wildman–Crippen LogP) is 4.15. The molecule has 0 spiro atoms. The number of aromatic amines is 1. The molecule has 2 heterocycles. The Kier molecular flexibility index (Phi) is 4.98. The molecule has 0 radical (unpaired) electrons. The second kappa shape index (κ2) is 7.81. The summed E-state index contributed by atoms with van der Waals surface area (Å²) >= 11 is 0. The van der Waals surface area contributed by atoms with Gasteiger partial charge >= 0.3 is 6.03 Å². The molecule has 1 saturated carbocycles. The fourth-order valence-corrected chi connectivity index (χ4v) is 4.76. The van der Waals surface area contributed by atoms with Crippen LogP contribution in [0.1, 0.15) is 48.4 Å².